The van der Waals surface area contributed by atoms with Gasteiger partial charge in [0.2, 0.25) is 15.7 Å². The number of benzene rings is 3. The van der Waals surface area contributed by atoms with E-state index >= 15 is 0 Å². The van der Waals surface area contributed by atoms with Gasteiger partial charge in [-0.05, 0) is 68.8 Å². The highest BCUT2D eigenvalue weighted by Gasteiger charge is 2.29. The van der Waals surface area contributed by atoms with E-state index in [4.69, 9.17) is 0 Å². The second kappa shape index (κ2) is 10.1. The van der Waals surface area contributed by atoms with Gasteiger partial charge in [-0.15, -0.1) is 0 Å². The Hall–Kier alpha value is -3.65. The Morgan fingerprint density at radius 2 is 1.64 bits per heavy atom. The molecule has 0 aromatic heterocycles. The highest BCUT2D eigenvalue weighted by molar-refractivity contribution is 7.91. The van der Waals surface area contributed by atoms with E-state index in [1.54, 1.807) is 17.0 Å². The van der Waals surface area contributed by atoms with Crippen LogP contribution in [0, 0.1) is 13.8 Å². The molecule has 4 rings (SSSR count). The van der Waals surface area contributed by atoms with Crippen molar-refractivity contribution in [3.8, 4) is 0 Å². The van der Waals surface area contributed by atoms with E-state index in [-0.39, 0.29) is 27.4 Å². The Balaban J connectivity index is 1.60. The van der Waals surface area contributed by atoms with Crippen LogP contribution in [0.5, 0.6) is 0 Å². The Morgan fingerprint density at radius 1 is 0.917 bits per heavy atom. The third kappa shape index (κ3) is 5.28. The second-order valence-corrected chi connectivity index (χ2v) is 11.3. The van der Waals surface area contributed by atoms with Gasteiger partial charge in [0.1, 0.15) is 0 Å². The van der Waals surface area contributed by atoms with Crippen molar-refractivity contribution in [1.82, 2.24) is 4.90 Å². The Kier molecular flexibility index (Phi) is 7.17. The highest BCUT2D eigenvalue weighted by Crippen LogP contribution is 2.30. The predicted octanol–water partition coefficient (Wildman–Crippen LogP) is 4.45. The maximum Gasteiger partial charge on any atom is 0.254 e. The summed E-state index contributed by atoms with van der Waals surface area (Å²) in [7, 11) is -3.90. The van der Waals surface area contributed by atoms with Crippen LogP contribution in [-0.4, -0.2) is 50.8 Å². The van der Waals surface area contributed by atoms with Crippen molar-refractivity contribution in [2.75, 3.05) is 29.9 Å². The van der Waals surface area contributed by atoms with Crippen molar-refractivity contribution in [3.05, 3.63) is 83.4 Å². The average Bonchev–Trinajstić information content (AvgIpc) is 2.83. The molecule has 3 aromatic rings. The molecule has 0 saturated carbocycles. The fourth-order valence-corrected chi connectivity index (χ4v) is 5.94. The number of hydrogen-bond donors (Lipinski definition) is 1. The molecule has 0 radical (unpaired) electrons. The van der Waals surface area contributed by atoms with Gasteiger partial charge in [0.15, 0.2) is 0 Å². The first-order chi connectivity index (χ1) is 17.1. The van der Waals surface area contributed by atoms with Gasteiger partial charge in [-0.2, -0.15) is 0 Å². The normalized spacial score (nSPS) is 16.1. The summed E-state index contributed by atoms with van der Waals surface area (Å²) in [6, 6.07) is 19.3. The van der Waals surface area contributed by atoms with E-state index in [1.165, 1.54) is 42.8 Å². The van der Waals surface area contributed by atoms with Gasteiger partial charge in [-0.25, -0.2) is 8.42 Å². The number of carbonyl (C=O) groups excluding carboxylic acids is 2. The lowest BCUT2D eigenvalue weighted by atomic mass is 10.1. The Labute approximate surface area is 212 Å². The summed E-state index contributed by atoms with van der Waals surface area (Å²) in [5, 5.41) is 2.60. The van der Waals surface area contributed by atoms with Crippen LogP contribution in [0.3, 0.4) is 0 Å². The Bertz CT molecular complexity index is 1400. The van der Waals surface area contributed by atoms with Crippen LogP contribution in [0.4, 0.5) is 11.4 Å². The number of hydrogen-bond acceptors (Lipinski definition) is 5. The molecular formula is C28H31N3O4S. The number of piperazine rings is 1. The topological polar surface area (TPSA) is 86.8 Å². The third-order valence-electron chi connectivity index (χ3n) is 6.41. The molecule has 0 aliphatic carbocycles. The first kappa shape index (κ1) is 25.4. The summed E-state index contributed by atoms with van der Waals surface area (Å²) in [5.41, 5.74) is 3.68. The van der Waals surface area contributed by atoms with Crippen molar-refractivity contribution in [1.29, 1.82) is 0 Å². The number of sulfone groups is 1. The number of nitrogens with zero attached hydrogens (tertiary/aromatic N) is 2. The fourth-order valence-electron chi connectivity index (χ4n) is 4.54. The smallest absolute Gasteiger partial charge is 0.254 e. The van der Waals surface area contributed by atoms with Gasteiger partial charge in [0.25, 0.3) is 5.91 Å². The zero-order chi connectivity index (χ0) is 26.0. The molecule has 188 valence electrons. The standard InChI is InChI=1S/C28H31N3O4S/c1-19-8-11-25(12-9-19)36(34,35)27-13-10-23(17-26(27)29-22(4)32)28(33)30-14-15-31(21(3)18-30)24-7-5-6-20(2)16-24/h5-13,16-17,21H,14-15,18H2,1-4H3,(H,29,32)/t21-/m0/s1. The summed E-state index contributed by atoms with van der Waals surface area (Å²) in [6.07, 6.45) is 0. The maximum atomic E-state index is 13.4. The molecule has 1 atom stereocenters. The number of nitrogens with one attached hydrogen (secondary N) is 1. The molecule has 2 amide bonds. The summed E-state index contributed by atoms with van der Waals surface area (Å²) in [5.74, 6) is -0.614. The summed E-state index contributed by atoms with van der Waals surface area (Å²) >= 11 is 0. The van der Waals surface area contributed by atoms with E-state index in [0.717, 1.165) is 11.3 Å². The van der Waals surface area contributed by atoms with Gasteiger partial charge >= 0.3 is 0 Å². The monoisotopic (exact) mass is 505 g/mol. The first-order valence-corrected chi connectivity index (χ1v) is 13.4. The van der Waals surface area contributed by atoms with Gasteiger partial charge in [0.05, 0.1) is 15.5 Å². The zero-order valence-electron chi connectivity index (χ0n) is 21.0. The molecule has 0 unspecified atom stereocenters. The largest absolute Gasteiger partial charge is 0.365 e. The SMILES string of the molecule is CC(=O)Nc1cc(C(=O)N2CCN(c3cccc(C)c3)[C@@H](C)C2)ccc1S(=O)(=O)c1ccc(C)cc1. The van der Waals surface area contributed by atoms with Crippen molar-refractivity contribution in [3.63, 3.8) is 0 Å². The minimum absolute atomic E-state index is 0.0456. The molecule has 1 aliphatic heterocycles. The van der Waals surface area contributed by atoms with Crippen LogP contribution in [0.15, 0.2) is 76.5 Å². The van der Waals surface area contributed by atoms with E-state index in [1.807, 2.05) is 13.0 Å². The molecule has 0 bridgehead atoms. The molecule has 1 N–H and O–H groups in total. The first-order valence-electron chi connectivity index (χ1n) is 11.9. The van der Waals surface area contributed by atoms with Crippen LogP contribution >= 0.6 is 0 Å². The molecule has 3 aromatic carbocycles. The second-order valence-electron chi connectivity index (χ2n) is 9.34. The highest BCUT2D eigenvalue weighted by atomic mass is 32.2. The van der Waals surface area contributed by atoms with Gasteiger partial charge in [-0.3, -0.25) is 9.59 Å². The summed E-state index contributed by atoms with van der Waals surface area (Å²) < 4.78 is 26.6. The van der Waals surface area contributed by atoms with Crippen LogP contribution in [-0.2, 0) is 14.6 Å². The number of amides is 2. The average molecular weight is 506 g/mol. The molecule has 1 fully saturated rings. The molecule has 8 heteroatoms. The quantitative estimate of drug-likeness (QED) is 0.554. The number of carbonyl (C=O) groups is 2. The Morgan fingerprint density at radius 3 is 2.28 bits per heavy atom. The molecule has 36 heavy (non-hydrogen) atoms. The number of aryl methyl sites for hydroxylation is 2. The maximum absolute atomic E-state index is 13.4. The third-order valence-corrected chi connectivity index (χ3v) is 8.23. The fraction of sp³-hybridized carbons (Fsp3) is 0.286. The summed E-state index contributed by atoms with van der Waals surface area (Å²) in [4.78, 5) is 29.4. The van der Waals surface area contributed by atoms with Gasteiger partial charge < -0.3 is 15.1 Å². The van der Waals surface area contributed by atoms with Crippen molar-refractivity contribution in [2.45, 2.75) is 43.5 Å². The zero-order valence-corrected chi connectivity index (χ0v) is 21.8. The lowest BCUT2D eigenvalue weighted by Gasteiger charge is -2.41. The van der Waals surface area contributed by atoms with Gasteiger partial charge in [-0.1, -0.05) is 29.8 Å². The summed E-state index contributed by atoms with van der Waals surface area (Å²) in [6.45, 7) is 9.09. The molecular weight excluding hydrogens is 474 g/mol. The molecule has 1 aliphatic rings. The van der Waals surface area contributed by atoms with Crippen molar-refractivity contribution >= 4 is 33.0 Å². The van der Waals surface area contributed by atoms with E-state index in [0.29, 0.717) is 25.2 Å². The van der Waals surface area contributed by atoms with E-state index in [2.05, 4.69) is 42.3 Å². The molecule has 0 spiro atoms. The van der Waals surface area contributed by atoms with Gasteiger partial charge in [0, 0.05) is 43.9 Å². The van der Waals surface area contributed by atoms with Crippen LogP contribution in [0.25, 0.3) is 0 Å². The molecule has 1 saturated heterocycles. The van der Waals surface area contributed by atoms with E-state index < -0.39 is 15.7 Å². The van der Waals surface area contributed by atoms with Crippen LogP contribution in [0.2, 0.25) is 0 Å². The van der Waals surface area contributed by atoms with Crippen molar-refractivity contribution in [2.24, 2.45) is 0 Å². The van der Waals surface area contributed by atoms with E-state index in [9.17, 15) is 18.0 Å². The van der Waals surface area contributed by atoms with Crippen molar-refractivity contribution < 1.29 is 18.0 Å². The lowest BCUT2D eigenvalue weighted by molar-refractivity contribution is -0.114. The lowest BCUT2D eigenvalue weighted by Crippen LogP contribution is -2.53. The van der Waals surface area contributed by atoms with Crippen LogP contribution < -0.4 is 10.2 Å². The van der Waals surface area contributed by atoms with Crippen LogP contribution in [0.1, 0.15) is 35.3 Å². The minimum Gasteiger partial charge on any atom is -0.365 e. The number of anilines is 2. The number of rotatable bonds is 5. The minimum atomic E-state index is -3.90. The molecule has 1 heterocycles. The molecule has 7 nitrogen and oxygen atoms in total. The predicted molar refractivity (Wildman–Crippen MR) is 141 cm³/mol.